The molecule has 2 aromatic carbocycles. The summed E-state index contributed by atoms with van der Waals surface area (Å²) in [5, 5.41) is 2.70. The van der Waals surface area contributed by atoms with Gasteiger partial charge in [-0.05, 0) is 24.1 Å². The highest BCUT2D eigenvalue weighted by Gasteiger charge is 2.09. The molecule has 4 nitrogen and oxygen atoms in total. The zero-order valence-electron chi connectivity index (χ0n) is 11.7. The Bertz CT molecular complexity index is 630. The third-order valence-electron chi connectivity index (χ3n) is 3.01. The SMILES string of the molecule is Cc1cc(OCC(=O)NCc2ccccc2)c(F)cc1N. The predicted molar refractivity (Wildman–Crippen MR) is 79.3 cm³/mol. The maximum absolute atomic E-state index is 13.6. The van der Waals surface area contributed by atoms with Crippen molar-refractivity contribution in [1.82, 2.24) is 5.32 Å². The summed E-state index contributed by atoms with van der Waals surface area (Å²) in [7, 11) is 0. The van der Waals surface area contributed by atoms with Gasteiger partial charge in [-0.15, -0.1) is 0 Å². The number of aryl methyl sites for hydroxylation is 1. The first-order chi connectivity index (χ1) is 10.1. The Morgan fingerprint density at radius 2 is 2.00 bits per heavy atom. The minimum absolute atomic E-state index is 0.0246. The lowest BCUT2D eigenvalue weighted by atomic mass is 10.2. The molecule has 0 aliphatic carbocycles. The quantitative estimate of drug-likeness (QED) is 0.830. The second kappa shape index (κ2) is 6.74. The Hall–Kier alpha value is -2.56. The molecule has 0 radical (unpaired) electrons. The lowest BCUT2D eigenvalue weighted by molar-refractivity contribution is -0.123. The second-order valence-electron chi connectivity index (χ2n) is 4.69. The molecule has 21 heavy (non-hydrogen) atoms. The van der Waals surface area contributed by atoms with Crippen LogP contribution in [0, 0.1) is 12.7 Å². The van der Waals surface area contributed by atoms with Crippen molar-refractivity contribution in [1.29, 1.82) is 0 Å². The molecule has 0 heterocycles. The summed E-state index contributed by atoms with van der Waals surface area (Å²) in [5.41, 5.74) is 7.63. The van der Waals surface area contributed by atoms with Crippen LogP contribution >= 0.6 is 0 Å². The molecule has 0 atom stereocenters. The first-order valence-electron chi connectivity index (χ1n) is 6.55. The number of halogens is 1. The molecule has 2 aromatic rings. The van der Waals surface area contributed by atoms with Gasteiger partial charge in [0.15, 0.2) is 18.2 Å². The van der Waals surface area contributed by atoms with Crippen molar-refractivity contribution in [2.45, 2.75) is 13.5 Å². The molecule has 110 valence electrons. The van der Waals surface area contributed by atoms with Gasteiger partial charge >= 0.3 is 0 Å². The van der Waals surface area contributed by atoms with Crippen LogP contribution in [-0.2, 0) is 11.3 Å². The molecule has 0 aromatic heterocycles. The van der Waals surface area contributed by atoms with E-state index in [0.29, 0.717) is 17.8 Å². The van der Waals surface area contributed by atoms with Crippen molar-refractivity contribution in [2.75, 3.05) is 12.3 Å². The highest BCUT2D eigenvalue weighted by Crippen LogP contribution is 2.23. The maximum atomic E-state index is 13.6. The minimum Gasteiger partial charge on any atom is -0.481 e. The average Bonchev–Trinajstić information content (AvgIpc) is 2.48. The molecule has 0 bridgehead atoms. The first kappa shape index (κ1) is 14.8. The molecule has 0 saturated carbocycles. The lowest BCUT2D eigenvalue weighted by Gasteiger charge is -2.10. The number of hydrogen-bond donors (Lipinski definition) is 2. The molecular weight excluding hydrogens is 271 g/mol. The highest BCUT2D eigenvalue weighted by molar-refractivity contribution is 5.77. The summed E-state index contributed by atoms with van der Waals surface area (Å²) in [6.45, 7) is 1.91. The molecule has 0 saturated heterocycles. The molecular formula is C16H17FN2O2. The minimum atomic E-state index is -0.575. The van der Waals surface area contributed by atoms with Crippen LogP contribution in [0.1, 0.15) is 11.1 Å². The van der Waals surface area contributed by atoms with Crippen molar-refractivity contribution >= 4 is 11.6 Å². The summed E-state index contributed by atoms with van der Waals surface area (Å²) < 4.78 is 18.8. The summed E-state index contributed by atoms with van der Waals surface area (Å²) in [5.74, 6) is -0.863. The summed E-state index contributed by atoms with van der Waals surface area (Å²) in [6.07, 6.45) is 0. The zero-order valence-corrected chi connectivity index (χ0v) is 11.7. The third-order valence-corrected chi connectivity index (χ3v) is 3.01. The number of rotatable bonds is 5. The smallest absolute Gasteiger partial charge is 0.258 e. The monoisotopic (exact) mass is 288 g/mol. The number of nitrogens with two attached hydrogens (primary N) is 1. The first-order valence-corrected chi connectivity index (χ1v) is 6.55. The van der Waals surface area contributed by atoms with Gasteiger partial charge in [0.1, 0.15) is 0 Å². The van der Waals surface area contributed by atoms with Crippen molar-refractivity contribution in [3.05, 3.63) is 59.4 Å². The number of anilines is 1. The van der Waals surface area contributed by atoms with Gasteiger partial charge in [-0.3, -0.25) is 4.79 Å². The molecule has 0 unspecified atom stereocenters. The number of carbonyl (C=O) groups is 1. The topological polar surface area (TPSA) is 64.3 Å². The standard InChI is InChI=1S/C16H17FN2O2/c1-11-7-15(13(17)8-14(11)18)21-10-16(20)19-9-12-5-3-2-4-6-12/h2-8H,9-10,18H2,1H3,(H,19,20). The number of ether oxygens (including phenoxy) is 1. The van der Waals surface area contributed by atoms with Gasteiger partial charge in [0.25, 0.3) is 5.91 Å². The van der Waals surface area contributed by atoms with Gasteiger partial charge in [0, 0.05) is 18.3 Å². The van der Waals surface area contributed by atoms with E-state index in [2.05, 4.69) is 5.32 Å². The Balaban J connectivity index is 1.85. The van der Waals surface area contributed by atoms with Crippen LogP contribution in [0.3, 0.4) is 0 Å². The van der Waals surface area contributed by atoms with E-state index in [9.17, 15) is 9.18 Å². The molecule has 5 heteroatoms. The van der Waals surface area contributed by atoms with Crippen molar-refractivity contribution < 1.29 is 13.9 Å². The van der Waals surface area contributed by atoms with Crippen molar-refractivity contribution in [3.8, 4) is 5.75 Å². The van der Waals surface area contributed by atoms with Crippen LogP contribution in [0.4, 0.5) is 10.1 Å². The maximum Gasteiger partial charge on any atom is 0.258 e. The van der Waals surface area contributed by atoms with E-state index in [1.165, 1.54) is 12.1 Å². The van der Waals surface area contributed by atoms with E-state index >= 15 is 0 Å². The highest BCUT2D eigenvalue weighted by atomic mass is 19.1. The van der Waals surface area contributed by atoms with Crippen molar-refractivity contribution in [2.24, 2.45) is 0 Å². The fourth-order valence-electron chi connectivity index (χ4n) is 1.77. The fourth-order valence-corrected chi connectivity index (χ4v) is 1.77. The number of amides is 1. The van der Waals surface area contributed by atoms with Gasteiger partial charge in [0.05, 0.1) is 0 Å². The third kappa shape index (κ3) is 4.21. The Kier molecular flexibility index (Phi) is 4.77. The van der Waals surface area contributed by atoms with Gasteiger partial charge in [-0.25, -0.2) is 4.39 Å². The molecule has 0 spiro atoms. The Labute approximate surface area is 122 Å². The number of nitrogen functional groups attached to an aromatic ring is 1. The van der Waals surface area contributed by atoms with Gasteiger partial charge in [-0.1, -0.05) is 30.3 Å². The van der Waals surface area contributed by atoms with Crippen LogP contribution < -0.4 is 15.8 Å². The number of hydrogen-bond acceptors (Lipinski definition) is 3. The van der Waals surface area contributed by atoms with E-state index in [4.69, 9.17) is 10.5 Å². The fraction of sp³-hybridized carbons (Fsp3) is 0.188. The van der Waals surface area contributed by atoms with Crippen LogP contribution in [-0.4, -0.2) is 12.5 Å². The lowest BCUT2D eigenvalue weighted by Crippen LogP contribution is -2.28. The van der Waals surface area contributed by atoms with Crippen LogP contribution in [0.2, 0.25) is 0 Å². The van der Waals surface area contributed by atoms with E-state index in [0.717, 1.165) is 5.56 Å². The zero-order chi connectivity index (χ0) is 15.2. The van der Waals surface area contributed by atoms with Crippen LogP contribution in [0.5, 0.6) is 5.75 Å². The molecule has 3 N–H and O–H groups in total. The van der Waals surface area contributed by atoms with Crippen molar-refractivity contribution in [3.63, 3.8) is 0 Å². The van der Waals surface area contributed by atoms with E-state index in [-0.39, 0.29) is 18.3 Å². The molecule has 0 fully saturated rings. The molecule has 2 rings (SSSR count). The number of carbonyl (C=O) groups excluding carboxylic acids is 1. The molecule has 0 aliphatic rings. The van der Waals surface area contributed by atoms with Crippen LogP contribution in [0.15, 0.2) is 42.5 Å². The Morgan fingerprint density at radius 1 is 1.29 bits per heavy atom. The number of nitrogens with one attached hydrogen (secondary N) is 1. The van der Waals surface area contributed by atoms with Gasteiger partial charge < -0.3 is 15.8 Å². The summed E-state index contributed by atoms with van der Waals surface area (Å²) in [6, 6.07) is 12.2. The van der Waals surface area contributed by atoms with Gasteiger partial charge in [0.2, 0.25) is 0 Å². The molecule has 1 amide bonds. The largest absolute Gasteiger partial charge is 0.481 e. The van der Waals surface area contributed by atoms with E-state index in [1.54, 1.807) is 6.92 Å². The Morgan fingerprint density at radius 3 is 2.71 bits per heavy atom. The van der Waals surface area contributed by atoms with Crippen LogP contribution in [0.25, 0.3) is 0 Å². The van der Waals surface area contributed by atoms with E-state index in [1.807, 2.05) is 30.3 Å². The summed E-state index contributed by atoms with van der Waals surface area (Å²) >= 11 is 0. The molecule has 0 aliphatic heterocycles. The summed E-state index contributed by atoms with van der Waals surface area (Å²) in [4.78, 5) is 11.7. The normalized spacial score (nSPS) is 10.2. The van der Waals surface area contributed by atoms with Gasteiger partial charge in [-0.2, -0.15) is 0 Å². The second-order valence-corrected chi connectivity index (χ2v) is 4.69. The number of benzene rings is 2. The predicted octanol–water partition coefficient (Wildman–Crippen LogP) is 2.41. The van der Waals surface area contributed by atoms with E-state index < -0.39 is 5.82 Å². The average molecular weight is 288 g/mol.